The summed E-state index contributed by atoms with van der Waals surface area (Å²) < 4.78 is 0. The molecular formula is C23H27N5OS. The maximum Gasteiger partial charge on any atom is 0.235 e. The second-order valence-electron chi connectivity index (χ2n) is 7.68. The van der Waals surface area contributed by atoms with Crippen LogP contribution in [-0.2, 0) is 11.3 Å². The standard InChI is InChI=1S/C23H27N5OS/c1-17-8-10-20(11-9-17)21-24-23(26-25-21)30-18(2)22(29)28-14-12-27(13-15-28)16-19-6-4-3-5-7-19/h3-11,18H,12-16H2,1-2H3,(H,24,25,26). The van der Waals surface area contributed by atoms with Crippen molar-refractivity contribution in [3.8, 4) is 11.4 Å². The molecule has 1 aromatic heterocycles. The molecular weight excluding hydrogens is 394 g/mol. The molecule has 30 heavy (non-hydrogen) atoms. The molecule has 0 saturated carbocycles. The number of carbonyl (C=O) groups excluding carboxylic acids is 1. The van der Waals surface area contributed by atoms with E-state index in [2.05, 4.69) is 51.3 Å². The van der Waals surface area contributed by atoms with Gasteiger partial charge in [-0.2, -0.15) is 0 Å². The van der Waals surface area contributed by atoms with E-state index in [9.17, 15) is 4.79 Å². The molecule has 1 amide bonds. The highest BCUT2D eigenvalue weighted by molar-refractivity contribution is 8.00. The molecule has 0 bridgehead atoms. The van der Waals surface area contributed by atoms with Crippen LogP contribution in [0.5, 0.6) is 0 Å². The zero-order valence-corrected chi connectivity index (χ0v) is 18.2. The quantitative estimate of drug-likeness (QED) is 0.616. The number of thioether (sulfide) groups is 1. The van der Waals surface area contributed by atoms with Crippen LogP contribution in [0.15, 0.2) is 59.8 Å². The number of aromatic nitrogens is 3. The Kier molecular flexibility index (Phi) is 6.50. The van der Waals surface area contributed by atoms with Crippen molar-refractivity contribution >= 4 is 17.7 Å². The maximum absolute atomic E-state index is 12.9. The van der Waals surface area contributed by atoms with E-state index in [1.807, 2.05) is 42.2 Å². The molecule has 0 aliphatic carbocycles. The van der Waals surface area contributed by atoms with Crippen molar-refractivity contribution in [1.82, 2.24) is 25.0 Å². The van der Waals surface area contributed by atoms with Gasteiger partial charge in [-0.25, -0.2) is 4.98 Å². The molecule has 1 saturated heterocycles. The summed E-state index contributed by atoms with van der Waals surface area (Å²) in [7, 11) is 0. The van der Waals surface area contributed by atoms with Crippen LogP contribution in [0.1, 0.15) is 18.1 Å². The Balaban J connectivity index is 1.29. The first-order chi connectivity index (χ1) is 14.6. The molecule has 156 valence electrons. The van der Waals surface area contributed by atoms with Crippen LogP contribution in [0.25, 0.3) is 11.4 Å². The first-order valence-corrected chi connectivity index (χ1v) is 11.2. The zero-order chi connectivity index (χ0) is 20.9. The third kappa shape index (κ3) is 5.09. The Morgan fingerprint density at radius 3 is 2.47 bits per heavy atom. The number of benzene rings is 2. The van der Waals surface area contributed by atoms with Crippen LogP contribution in [-0.4, -0.2) is 62.3 Å². The van der Waals surface area contributed by atoms with Gasteiger partial charge in [0.1, 0.15) is 0 Å². The van der Waals surface area contributed by atoms with Crippen LogP contribution in [0.4, 0.5) is 0 Å². The highest BCUT2D eigenvalue weighted by Gasteiger charge is 2.26. The summed E-state index contributed by atoms with van der Waals surface area (Å²) in [4.78, 5) is 21.8. The topological polar surface area (TPSA) is 65.1 Å². The lowest BCUT2D eigenvalue weighted by Gasteiger charge is -2.35. The number of amides is 1. The third-order valence-corrected chi connectivity index (χ3v) is 6.30. The number of carbonyl (C=O) groups is 1. The predicted molar refractivity (Wildman–Crippen MR) is 120 cm³/mol. The fourth-order valence-electron chi connectivity index (χ4n) is 3.57. The van der Waals surface area contributed by atoms with Gasteiger partial charge in [0.15, 0.2) is 5.82 Å². The van der Waals surface area contributed by atoms with Crippen molar-refractivity contribution in [3.05, 3.63) is 65.7 Å². The van der Waals surface area contributed by atoms with E-state index < -0.39 is 0 Å². The Bertz CT molecular complexity index is 965. The molecule has 6 nitrogen and oxygen atoms in total. The average molecular weight is 422 g/mol. The van der Waals surface area contributed by atoms with E-state index in [0.29, 0.717) is 5.16 Å². The van der Waals surface area contributed by atoms with E-state index in [1.54, 1.807) is 0 Å². The summed E-state index contributed by atoms with van der Waals surface area (Å²) in [6, 6.07) is 18.6. The lowest BCUT2D eigenvalue weighted by molar-refractivity contribution is -0.132. The largest absolute Gasteiger partial charge is 0.339 e. The Morgan fingerprint density at radius 1 is 1.07 bits per heavy atom. The molecule has 3 aromatic rings. The fraction of sp³-hybridized carbons (Fsp3) is 0.348. The van der Waals surface area contributed by atoms with Gasteiger partial charge in [0.25, 0.3) is 0 Å². The van der Waals surface area contributed by atoms with Crippen molar-refractivity contribution in [2.75, 3.05) is 26.2 Å². The maximum atomic E-state index is 12.9. The number of nitrogens with zero attached hydrogens (tertiary/aromatic N) is 4. The minimum atomic E-state index is -0.215. The van der Waals surface area contributed by atoms with Gasteiger partial charge in [-0.05, 0) is 19.4 Å². The number of H-pyrrole nitrogens is 1. The normalized spacial score (nSPS) is 15.9. The van der Waals surface area contributed by atoms with Gasteiger partial charge in [-0.3, -0.25) is 14.8 Å². The minimum Gasteiger partial charge on any atom is -0.339 e. The predicted octanol–water partition coefficient (Wildman–Crippen LogP) is 3.61. The van der Waals surface area contributed by atoms with Gasteiger partial charge in [0, 0.05) is 38.3 Å². The Labute approximate surface area is 181 Å². The number of rotatable bonds is 6. The molecule has 2 aromatic carbocycles. The Hall–Kier alpha value is -2.64. The number of piperazine rings is 1. The van der Waals surface area contributed by atoms with E-state index in [0.717, 1.165) is 44.1 Å². The number of aryl methyl sites for hydroxylation is 1. The average Bonchev–Trinajstić information content (AvgIpc) is 3.23. The number of aromatic amines is 1. The zero-order valence-electron chi connectivity index (χ0n) is 17.4. The lowest BCUT2D eigenvalue weighted by Crippen LogP contribution is -2.50. The second kappa shape index (κ2) is 9.45. The van der Waals surface area contributed by atoms with Crippen molar-refractivity contribution in [2.24, 2.45) is 0 Å². The van der Waals surface area contributed by atoms with Crippen LogP contribution in [0.3, 0.4) is 0 Å². The molecule has 1 N–H and O–H groups in total. The van der Waals surface area contributed by atoms with E-state index in [1.165, 1.54) is 22.9 Å². The molecule has 1 fully saturated rings. The molecule has 4 rings (SSSR count). The molecule has 7 heteroatoms. The molecule has 0 radical (unpaired) electrons. The first kappa shape index (κ1) is 20.6. The van der Waals surface area contributed by atoms with Crippen molar-refractivity contribution in [2.45, 2.75) is 30.8 Å². The van der Waals surface area contributed by atoms with Crippen LogP contribution in [0, 0.1) is 6.92 Å². The van der Waals surface area contributed by atoms with Crippen LogP contribution >= 0.6 is 11.8 Å². The molecule has 1 aliphatic rings. The van der Waals surface area contributed by atoms with E-state index in [-0.39, 0.29) is 11.2 Å². The molecule has 2 heterocycles. The van der Waals surface area contributed by atoms with Crippen LogP contribution in [0.2, 0.25) is 0 Å². The summed E-state index contributed by atoms with van der Waals surface area (Å²) in [5.41, 5.74) is 3.51. The van der Waals surface area contributed by atoms with Gasteiger partial charge in [0.05, 0.1) is 5.25 Å². The monoisotopic (exact) mass is 421 g/mol. The smallest absolute Gasteiger partial charge is 0.235 e. The minimum absolute atomic E-state index is 0.154. The van der Waals surface area contributed by atoms with Crippen molar-refractivity contribution in [1.29, 1.82) is 0 Å². The summed E-state index contributed by atoms with van der Waals surface area (Å²) in [5.74, 6) is 0.882. The highest BCUT2D eigenvalue weighted by atomic mass is 32.2. The summed E-state index contributed by atoms with van der Waals surface area (Å²) in [6.45, 7) is 8.25. The van der Waals surface area contributed by atoms with Crippen molar-refractivity contribution < 1.29 is 4.79 Å². The summed E-state index contributed by atoms with van der Waals surface area (Å²) in [5, 5.41) is 7.66. The fourth-order valence-corrected chi connectivity index (χ4v) is 4.38. The Morgan fingerprint density at radius 2 is 1.77 bits per heavy atom. The highest BCUT2D eigenvalue weighted by Crippen LogP contribution is 2.24. The lowest BCUT2D eigenvalue weighted by atomic mass is 10.1. The van der Waals surface area contributed by atoms with Gasteiger partial charge in [-0.1, -0.05) is 71.9 Å². The van der Waals surface area contributed by atoms with Crippen LogP contribution < -0.4 is 0 Å². The third-order valence-electron chi connectivity index (χ3n) is 5.35. The number of hydrogen-bond acceptors (Lipinski definition) is 5. The van der Waals surface area contributed by atoms with Gasteiger partial charge >= 0.3 is 0 Å². The first-order valence-electron chi connectivity index (χ1n) is 10.3. The summed E-state index contributed by atoms with van der Waals surface area (Å²) in [6.07, 6.45) is 0. The molecule has 1 aliphatic heterocycles. The van der Waals surface area contributed by atoms with E-state index in [4.69, 9.17) is 0 Å². The summed E-state index contributed by atoms with van der Waals surface area (Å²) >= 11 is 1.41. The van der Waals surface area contributed by atoms with E-state index >= 15 is 0 Å². The molecule has 1 unspecified atom stereocenters. The van der Waals surface area contributed by atoms with Gasteiger partial charge in [0.2, 0.25) is 11.1 Å². The van der Waals surface area contributed by atoms with Gasteiger partial charge < -0.3 is 4.90 Å². The van der Waals surface area contributed by atoms with Crippen molar-refractivity contribution in [3.63, 3.8) is 0 Å². The molecule has 0 spiro atoms. The number of hydrogen-bond donors (Lipinski definition) is 1. The molecule has 1 atom stereocenters. The second-order valence-corrected chi connectivity index (χ2v) is 8.99. The number of nitrogens with one attached hydrogen (secondary N) is 1. The SMILES string of the molecule is Cc1ccc(-c2nc(SC(C)C(=O)N3CCN(Cc4ccccc4)CC3)n[nH]2)cc1. The van der Waals surface area contributed by atoms with Gasteiger partial charge in [-0.15, -0.1) is 5.10 Å².